The van der Waals surface area contributed by atoms with Crippen LogP contribution in [0.1, 0.15) is 33.3 Å². The highest BCUT2D eigenvalue weighted by Gasteiger charge is 2.52. The molecule has 1 heterocycles. The molecule has 1 aromatic rings. The van der Waals surface area contributed by atoms with E-state index in [1.165, 1.54) is 0 Å². The van der Waals surface area contributed by atoms with Crippen LogP contribution < -0.4 is 11.2 Å². The lowest BCUT2D eigenvalue weighted by molar-refractivity contribution is 0.00578. The van der Waals surface area contributed by atoms with Gasteiger partial charge < -0.3 is 19.8 Å². The third-order valence-corrected chi connectivity index (χ3v) is 3.97. The SMILES string of the molecule is COCc1cc(N)ccc1B1OC(C)(C)C(C)(C)O1. The van der Waals surface area contributed by atoms with Crippen LogP contribution in [0, 0.1) is 0 Å². The molecule has 1 fully saturated rings. The number of rotatable bonds is 3. The van der Waals surface area contributed by atoms with E-state index >= 15 is 0 Å². The largest absolute Gasteiger partial charge is 0.495 e. The summed E-state index contributed by atoms with van der Waals surface area (Å²) in [6.07, 6.45) is 0. The van der Waals surface area contributed by atoms with E-state index in [-0.39, 0.29) is 18.3 Å². The van der Waals surface area contributed by atoms with Crippen LogP contribution >= 0.6 is 0 Å². The second-order valence-electron chi connectivity index (χ2n) is 5.98. The molecule has 0 aromatic heterocycles. The van der Waals surface area contributed by atoms with Gasteiger partial charge in [-0.1, -0.05) is 6.07 Å². The zero-order valence-electron chi connectivity index (χ0n) is 12.3. The van der Waals surface area contributed by atoms with Gasteiger partial charge in [0.15, 0.2) is 0 Å². The molecule has 0 radical (unpaired) electrons. The number of anilines is 1. The number of nitrogens with two attached hydrogens (primary N) is 1. The molecule has 1 aromatic carbocycles. The minimum Gasteiger partial charge on any atom is -0.399 e. The first-order chi connectivity index (χ1) is 8.77. The summed E-state index contributed by atoms with van der Waals surface area (Å²) in [6, 6.07) is 5.72. The fraction of sp³-hybridized carbons (Fsp3) is 0.571. The van der Waals surface area contributed by atoms with Crippen LogP contribution in [0.15, 0.2) is 18.2 Å². The van der Waals surface area contributed by atoms with Gasteiger partial charge in [0, 0.05) is 12.8 Å². The maximum atomic E-state index is 6.06. The Kier molecular flexibility index (Phi) is 3.64. The number of hydrogen-bond donors (Lipinski definition) is 1. The van der Waals surface area contributed by atoms with Crippen molar-refractivity contribution in [2.24, 2.45) is 0 Å². The molecule has 0 bridgehead atoms. The standard InChI is InChI=1S/C14H22BNO3/c1-13(2)14(3,4)19-15(18-13)12-7-6-11(16)8-10(12)9-17-5/h6-8H,9,16H2,1-5H3. The van der Waals surface area contributed by atoms with Crippen LogP contribution in [-0.4, -0.2) is 25.4 Å². The monoisotopic (exact) mass is 263 g/mol. The molecule has 0 amide bonds. The summed E-state index contributed by atoms with van der Waals surface area (Å²) in [5.74, 6) is 0. The molecule has 19 heavy (non-hydrogen) atoms. The number of nitrogen functional groups attached to an aromatic ring is 1. The molecule has 5 heteroatoms. The minimum absolute atomic E-state index is 0.344. The number of benzene rings is 1. The third kappa shape index (κ3) is 2.64. The van der Waals surface area contributed by atoms with Crippen molar-refractivity contribution >= 4 is 18.3 Å². The van der Waals surface area contributed by atoms with Gasteiger partial charge in [-0.25, -0.2) is 0 Å². The summed E-state index contributed by atoms with van der Waals surface area (Å²) in [4.78, 5) is 0. The van der Waals surface area contributed by atoms with Crippen LogP contribution in [0.25, 0.3) is 0 Å². The lowest BCUT2D eigenvalue weighted by Crippen LogP contribution is -2.41. The van der Waals surface area contributed by atoms with Crippen molar-refractivity contribution < 1.29 is 14.0 Å². The van der Waals surface area contributed by atoms with Crippen LogP contribution in [0.2, 0.25) is 0 Å². The Morgan fingerprint density at radius 1 is 1.16 bits per heavy atom. The molecule has 1 aliphatic heterocycles. The quantitative estimate of drug-likeness (QED) is 0.666. The summed E-state index contributed by atoms with van der Waals surface area (Å²) < 4.78 is 17.3. The van der Waals surface area contributed by atoms with Crippen molar-refractivity contribution in [2.75, 3.05) is 12.8 Å². The number of hydrogen-bond acceptors (Lipinski definition) is 4. The first-order valence-electron chi connectivity index (χ1n) is 6.50. The van der Waals surface area contributed by atoms with Gasteiger partial charge in [0.25, 0.3) is 0 Å². The lowest BCUT2D eigenvalue weighted by atomic mass is 9.76. The fourth-order valence-corrected chi connectivity index (χ4v) is 2.11. The predicted octanol–water partition coefficient (Wildman–Crippen LogP) is 1.71. The minimum atomic E-state index is -0.379. The summed E-state index contributed by atoms with van der Waals surface area (Å²) in [5, 5.41) is 0. The summed E-state index contributed by atoms with van der Waals surface area (Å²) in [7, 11) is 1.28. The lowest BCUT2D eigenvalue weighted by Gasteiger charge is -2.32. The Morgan fingerprint density at radius 3 is 2.26 bits per heavy atom. The van der Waals surface area contributed by atoms with Gasteiger partial charge in [0.2, 0.25) is 0 Å². The molecule has 4 nitrogen and oxygen atoms in total. The molecule has 1 aliphatic rings. The first-order valence-corrected chi connectivity index (χ1v) is 6.50. The van der Waals surface area contributed by atoms with Gasteiger partial charge >= 0.3 is 7.12 Å². The number of methoxy groups -OCH3 is 1. The van der Waals surface area contributed by atoms with E-state index < -0.39 is 0 Å². The second-order valence-corrected chi connectivity index (χ2v) is 5.98. The molecule has 104 valence electrons. The smallest absolute Gasteiger partial charge is 0.399 e. The Hall–Kier alpha value is -1.04. The van der Waals surface area contributed by atoms with Crippen molar-refractivity contribution in [3.05, 3.63) is 23.8 Å². The average Bonchev–Trinajstić information content (AvgIpc) is 2.48. The van der Waals surface area contributed by atoms with Crippen molar-refractivity contribution in [3.8, 4) is 0 Å². The maximum Gasteiger partial charge on any atom is 0.495 e. The van der Waals surface area contributed by atoms with Crippen LogP contribution in [0.4, 0.5) is 5.69 Å². The van der Waals surface area contributed by atoms with Crippen LogP contribution in [-0.2, 0) is 20.7 Å². The van der Waals surface area contributed by atoms with Gasteiger partial charge in [-0.05, 0) is 50.9 Å². The Morgan fingerprint density at radius 2 is 1.74 bits per heavy atom. The summed E-state index contributed by atoms with van der Waals surface area (Å²) in [5.41, 5.74) is 7.84. The molecular weight excluding hydrogens is 241 g/mol. The van der Waals surface area contributed by atoms with E-state index in [0.29, 0.717) is 12.3 Å². The summed E-state index contributed by atoms with van der Waals surface area (Å²) in [6.45, 7) is 8.66. The second kappa shape index (κ2) is 4.82. The molecule has 2 N–H and O–H groups in total. The third-order valence-electron chi connectivity index (χ3n) is 3.97. The van der Waals surface area contributed by atoms with Crippen molar-refractivity contribution in [1.29, 1.82) is 0 Å². The van der Waals surface area contributed by atoms with Gasteiger partial charge in [-0.2, -0.15) is 0 Å². The summed E-state index contributed by atoms with van der Waals surface area (Å²) >= 11 is 0. The maximum absolute atomic E-state index is 6.06. The van der Waals surface area contributed by atoms with E-state index in [9.17, 15) is 0 Å². The van der Waals surface area contributed by atoms with E-state index in [0.717, 1.165) is 11.0 Å². The van der Waals surface area contributed by atoms with Gasteiger partial charge in [0.05, 0.1) is 17.8 Å². The molecular formula is C14H22BNO3. The van der Waals surface area contributed by atoms with Crippen molar-refractivity contribution in [1.82, 2.24) is 0 Å². The Labute approximate surface area is 115 Å². The Bertz CT molecular complexity index is 458. The molecule has 0 atom stereocenters. The Balaban J connectivity index is 2.34. The van der Waals surface area contributed by atoms with Gasteiger partial charge in [-0.3, -0.25) is 0 Å². The van der Waals surface area contributed by atoms with Crippen LogP contribution in [0.5, 0.6) is 0 Å². The molecule has 0 spiro atoms. The normalized spacial score (nSPS) is 20.8. The van der Waals surface area contributed by atoms with E-state index in [1.807, 2.05) is 45.9 Å². The van der Waals surface area contributed by atoms with Gasteiger partial charge in [0.1, 0.15) is 0 Å². The first kappa shape index (κ1) is 14.4. The average molecular weight is 263 g/mol. The van der Waals surface area contributed by atoms with Gasteiger partial charge in [-0.15, -0.1) is 0 Å². The number of ether oxygens (including phenoxy) is 1. The predicted molar refractivity (Wildman–Crippen MR) is 77.3 cm³/mol. The highest BCUT2D eigenvalue weighted by molar-refractivity contribution is 6.62. The zero-order valence-corrected chi connectivity index (χ0v) is 12.3. The topological polar surface area (TPSA) is 53.7 Å². The molecule has 0 saturated carbocycles. The molecule has 1 saturated heterocycles. The van der Waals surface area contributed by atoms with E-state index in [1.54, 1.807) is 7.11 Å². The molecule has 0 aliphatic carbocycles. The highest BCUT2D eigenvalue weighted by Crippen LogP contribution is 2.36. The highest BCUT2D eigenvalue weighted by atomic mass is 16.7. The van der Waals surface area contributed by atoms with Crippen LogP contribution in [0.3, 0.4) is 0 Å². The van der Waals surface area contributed by atoms with E-state index in [2.05, 4.69) is 0 Å². The fourth-order valence-electron chi connectivity index (χ4n) is 2.11. The molecule has 2 rings (SSSR count). The molecule has 0 unspecified atom stereocenters. The van der Waals surface area contributed by atoms with E-state index in [4.69, 9.17) is 19.8 Å². The van der Waals surface area contributed by atoms with Crippen molar-refractivity contribution in [3.63, 3.8) is 0 Å². The van der Waals surface area contributed by atoms with Crippen molar-refractivity contribution in [2.45, 2.75) is 45.5 Å². The zero-order chi connectivity index (χ0) is 14.3.